The minimum absolute atomic E-state index is 0.0619. The van der Waals surface area contributed by atoms with Gasteiger partial charge in [0.1, 0.15) is 18.2 Å². The zero-order valence-corrected chi connectivity index (χ0v) is 15.1. The second-order valence-corrected chi connectivity index (χ2v) is 6.56. The fourth-order valence-corrected chi connectivity index (χ4v) is 3.09. The molecule has 112 valence electrons. The highest BCUT2D eigenvalue weighted by Gasteiger charge is 2.09. The number of benzene rings is 2. The van der Waals surface area contributed by atoms with Crippen molar-refractivity contribution in [2.45, 2.75) is 13.2 Å². The van der Waals surface area contributed by atoms with Crippen LogP contribution in [0.4, 0.5) is 4.39 Å². The molecule has 0 fully saturated rings. The normalized spacial score (nSPS) is 10.7. The molecule has 0 saturated carbocycles. The molecular weight excluding hydrogens is 424 g/mol. The third-order valence-electron chi connectivity index (χ3n) is 2.86. The molecule has 0 aliphatic heterocycles. The highest BCUT2D eigenvalue weighted by Crippen LogP contribution is 2.31. The Bertz CT molecular complexity index is 652. The molecular formula is C15H13Br2ClFNO. The van der Waals surface area contributed by atoms with E-state index >= 15 is 0 Å². The van der Waals surface area contributed by atoms with Gasteiger partial charge in [0.15, 0.2) is 0 Å². The van der Waals surface area contributed by atoms with Gasteiger partial charge in [0.2, 0.25) is 0 Å². The summed E-state index contributed by atoms with van der Waals surface area (Å²) >= 11 is 12.5. The molecule has 0 bridgehead atoms. The summed E-state index contributed by atoms with van der Waals surface area (Å²) in [5.41, 5.74) is 2.16. The Morgan fingerprint density at radius 1 is 1.19 bits per heavy atom. The van der Waals surface area contributed by atoms with Crippen molar-refractivity contribution >= 4 is 43.5 Å². The van der Waals surface area contributed by atoms with Crippen LogP contribution in [0.3, 0.4) is 0 Å². The van der Waals surface area contributed by atoms with Crippen LogP contribution in [0.1, 0.15) is 11.1 Å². The van der Waals surface area contributed by atoms with E-state index in [1.807, 2.05) is 25.2 Å². The van der Waals surface area contributed by atoms with Gasteiger partial charge in [-0.05, 0) is 40.7 Å². The van der Waals surface area contributed by atoms with E-state index in [1.54, 1.807) is 0 Å². The average Bonchev–Trinajstić information content (AvgIpc) is 2.43. The smallest absolute Gasteiger partial charge is 0.145 e. The molecule has 2 rings (SSSR count). The maximum absolute atomic E-state index is 13.5. The molecule has 0 aromatic heterocycles. The Balaban J connectivity index is 2.11. The molecule has 0 spiro atoms. The van der Waals surface area contributed by atoms with E-state index in [1.165, 1.54) is 17.7 Å². The predicted octanol–water partition coefficient (Wildman–Crippen LogP) is 5.30. The lowest BCUT2D eigenvalue weighted by Gasteiger charge is -2.11. The van der Waals surface area contributed by atoms with Crippen LogP contribution in [0, 0.1) is 5.82 Å². The Morgan fingerprint density at radius 2 is 1.95 bits per heavy atom. The summed E-state index contributed by atoms with van der Waals surface area (Å²) in [5.74, 6) is -0.0820. The maximum atomic E-state index is 13.5. The third kappa shape index (κ3) is 4.42. The first-order valence-corrected chi connectivity index (χ1v) is 8.17. The summed E-state index contributed by atoms with van der Waals surface area (Å²) in [5, 5.41) is 3.16. The van der Waals surface area contributed by atoms with Gasteiger partial charge in [-0.25, -0.2) is 4.39 Å². The standard InChI is InChI=1S/C15H13Br2ClFNO/c1-20-7-9-2-3-10(11(16)4-9)8-21-15-6-14(19)13(18)5-12(15)17/h2-6,20H,7-8H2,1H3. The third-order valence-corrected chi connectivity index (χ3v) is 4.50. The van der Waals surface area contributed by atoms with Gasteiger partial charge in [-0.15, -0.1) is 0 Å². The van der Waals surface area contributed by atoms with Crippen LogP contribution in [0.5, 0.6) is 5.75 Å². The Hall–Kier alpha value is -0.620. The lowest BCUT2D eigenvalue weighted by molar-refractivity contribution is 0.302. The summed E-state index contributed by atoms with van der Waals surface area (Å²) in [6.45, 7) is 1.13. The Morgan fingerprint density at radius 3 is 2.62 bits per heavy atom. The number of hydrogen-bond donors (Lipinski definition) is 1. The first-order valence-electron chi connectivity index (χ1n) is 6.20. The highest BCUT2D eigenvalue weighted by atomic mass is 79.9. The van der Waals surface area contributed by atoms with Gasteiger partial charge in [-0.1, -0.05) is 39.7 Å². The summed E-state index contributed by atoms with van der Waals surface area (Å²) in [6.07, 6.45) is 0. The largest absolute Gasteiger partial charge is 0.488 e. The average molecular weight is 438 g/mol. The lowest BCUT2D eigenvalue weighted by Crippen LogP contribution is -2.05. The van der Waals surface area contributed by atoms with Crippen molar-refractivity contribution < 1.29 is 9.13 Å². The number of rotatable bonds is 5. The molecule has 0 unspecified atom stereocenters. The molecule has 0 heterocycles. The first-order chi connectivity index (χ1) is 10.0. The summed E-state index contributed by atoms with van der Waals surface area (Å²) in [6, 6.07) is 8.80. The number of halogens is 4. The van der Waals surface area contributed by atoms with Crippen LogP contribution in [0.25, 0.3) is 0 Å². The summed E-state index contributed by atoms with van der Waals surface area (Å²) in [7, 11) is 1.90. The molecule has 21 heavy (non-hydrogen) atoms. The van der Waals surface area contributed by atoms with Gasteiger partial charge >= 0.3 is 0 Å². The molecule has 0 aliphatic carbocycles. The molecule has 2 nitrogen and oxygen atoms in total. The minimum Gasteiger partial charge on any atom is -0.488 e. The second kappa shape index (κ2) is 7.58. The second-order valence-electron chi connectivity index (χ2n) is 4.44. The summed E-state index contributed by atoms with van der Waals surface area (Å²) in [4.78, 5) is 0. The number of ether oxygens (including phenoxy) is 1. The summed E-state index contributed by atoms with van der Waals surface area (Å²) < 4.78 is 20.7. The van der Waals surface area contributed by atoms with Crippen molar-refractivity contribution in [2.24, 2.45) is 0 Å². The van der Waals surface area contributed by atoms with Crippen LogP contribution in [0.15, 0.2) is 39.3 Å². The van der Waals surface area contributed by atoms with Crippen molar-refractivity contribution in [1.82, 2.24) is 5.32 Å². The maximum Gasteiger partial charge on any atom is 0.145 e. The van der Waals surface area contributed by atoms with Gasteiger partial charge in [0.05, 0.1) is 9.50 Å². The molecule has 2 aromatic rings. The SMILES string of the molecule is CNCc1ccc(COc2cc(F)c(Cl)cc2Br)c(Br)c1. The van der Waals surface area contributed by atoms with E-state index in [0.29, 0.717) is 16.8 Å². The minimum atomic E-state index is -0.502. The van der Waals surface area contributed by atoms with Gasteiger partial charge < -0.3 is 10.1 Å². The van der Waals surface area contributed by atoms with Crippen molar-refractivity contribution in [2.75, 3.05) is 7.05 Å². The van der Waals surface area contributed by atoms with Gasteiger partial charge in [-0.2, -0.15) is 0 Å². The Kier molecular flexibility index (Phi) is 6.05. The zero-order chi connectivity index (χ0) is 15.4. The van der Waals surface area contributed by atoms with Crippen molar-refractivity contribution in [3.63, 3.8) is 0 Å². The van der Waals surface area contributed by atoms with Crippen molar-refractivity contribution in [1.29, 1.82) is 0 Å². The zero-order valence-electron chi connectivity index (χ0n) is 11.2. The van der Waals surface area contributed by atoms with Gasteiger partial charge in [0.25, 0.3) is 0 Å². The van der Waals surface area contributed by atoms with E-state index < -0.39 is 5.82 Å². The van der Waals surface area contributed by atoms with E-state index in [-0.39, 0.29) is 5.02 Å². The molecule has 0 radical (unpaired) electrons. The fraction of sp³-hybridized carbons (Fsp3) is 0.200. The molecule has 0 amide bonds. The first kappa shape index (κ1) is 16.7. The highest BCUT2D eigenvalue weighted by molar-refractivity contribution is 9.10. The van der Waals surface area contributed by atoms with Crippen molar-refractivity contribution in [3.05, 3.63) is 61.2 Å². The molecule has 1 N–H and O–H groups in total. The molecule has 6 heteroatoms. The molecule has 0 saturated heterocycles. The van der Waals surface area contributed by atoms with E-state index in [9.17, 15) is 4.39 Å². The lowest BCUT2D eigenvalue weighted by atomic mass is 10.1. The number of hydrogen-bond acceptors (Lipinski definition) is 2. The van der Waals surface area contributed by atoms with E-state index in [0.717, 1.165) is 16.6 Å². The molecule has 0 atom stereocenters. The van der Waals surface area contributed by atoms with Gasteiger partial charge in [-0.3, -0.25) is 0 Å². The van der Waals surface area contributed by atoms with Crippen LogP contribution < -0.4 is 10.1 Å². The Labute approximate surface area is 144 Å². The number of nitrogens with one attached hydrogen (secondary N) is 1. The molecule has 2 aromatic carbocycles. The van der Waals surface area contributed by atoms with E-state index in [2.05, 4.69) is 37.2 Å². The van der Waals surface area contributed by atoms with Crippen LogP contribution in [0.2, 0.25) is 5.02 Å². The van der Waals surface area contributed by atoms with E-state index in [4.69, 9.17) is 16.3 Å². The monoisotopic (exact) mass is 435 g/mol. The van der Waals surface area contributed by atoms with Gasteiger partial charge in [0, 0.05) is 22.6 Å². The fourth-order valence-electron chi connectivity index (χ4n) is 1.79. The van der Waals surface area contributed by atoms with Crippen molar-refractivity contribution in [3.8, 4) is 5.75 Å². The molecule has 0 aliphatic rings. The van der Waals surface area contributed by atoms with Crippen LogP contribution in [-0.4, -0.2) is 7.05 Å². The quantitative estimate of drug-likeness (QED) is 0.641. The topological polar surface area (TPSA) is 21.3 Å². The predicted molar refractivity (Wildman–Crippen MR) is 90.3 cm³/mol. The van der Waals surface area contributed by atoms with Crippen LogP contribution >= 0.6 is 43.5 Å². The van der Waals surface area contributed by atoms with Crippen LogP contribution in [-0.2, 0) is 13.2 Å².